The van der Waals surface area contributed by atoms with Crippen molar-refractivity contribution in [2.75, 3.05) is 6.61 Å². The quantitative estimate of drug-likeness (QED) is 0.586. The van der Waals surface area contributed by atoms with Crippen molar-refractivity contribution in [2.45, 2.75) is 13.8 Å². The number of benzene rings is 1. The Morgan fingerprint density at radius 2 is 2.29 bits per heavy atom. The minimum atomic E-state index is -0.377. The van der Waals surface area contributed by atoms with E-state index >= 15 is 0 Å². The van der Waals surface area contributed by atoms with Crippen molar-refractivity contribution in [1.82, 2.24) is 0 Å². The first-order valence-corrected chi connectivity index (χ1v) is 5.34. The molecule has 0 bridgehead atoms. The first kappa shape index (κ1) is 11.3. The van der Waals surface area contributed by atoms with Crippen LogP contribution in [0.5, 0.6) is 0 Å². The van der Waals surface area contributed by atoms with Gasteiger partial charge in [-0.25, -0.2) is 4.79 Å². The van der Waals surface area contributed by atoms with Crippen LogP contribution in [0.25, 0.3) is 11.0 Å². The van der Waals surface area contributed by atoms with Crippen LogP contribution in [0.3, 0.4) is 0 Å². The van der Waals surface area contributed by atoms with E-state index < -0.39 is 0 Å². The van der Waals surface area contributed by atoms with Crippen LogP contribution >= 0.6 is 0 Å². The van der Waals surface area contributed by atoms with Gasteiger partial charge in [0.05, 0.1) is 6.61 Å². The van der Waals surface area contributed by atoms with Gasteiger partial charge in [0.15, 0.2) is 0 Å². The second kappa shape index (κ2) is 4.34. The molecule has 2 rings (SSSR count). The lowest BCUT2D eigenvalue weighted by Gasteiger charge is -2.00. The number of aryl methyl sites for hydroxylation is 1. The Morgan fingerprint density at radius 1 is 1.53 bits per heavy atom. The number of hydrogen-bond donors (Lipinski definition) is 0. The Balaban J connectivity index is 2.65. The van der Waals surface area contributed by atoms with Crippen molar-refractivity contribution in [3.8, 4) is 12.3 Å². The Kier molecular flexibility index (Phi) is 2.88. The molecule has 17 heavy (non-hydrogen) atoms. The summed E-state index contributed by atoms with van der Waals surface area (Å²) in [7, 11) is 0. The van der Waals surface area contributed by atoms with E-state index in [9.17, 15) is 4.79 Å². The molecule has 1 aromatic heterocycles. The summed E-state index contributed by atoms with van der Waals surface area (Å²) >= 11 is 0. The van der Waals surface area contributed by atoms with Gasteiger partial charge < -0.3 is 9.15 Å². The molecule has 1 heterocycles. The van der Waals surface area contributed by atoms with Crippen LogP contribution in [-0.4, -0.2) is 12.6 Å². The van der Waals surface area contributed by atoms with Gasteiger partial charge in [-0.3, -0.25) is 0 Å². The summed E-state index contributed by atoms with van der Waals surface area (Å²) in [4.78, 5) is 11.8. The predicted molar refractivity (Wildman–Crippen MR) is 64.8 cm³/mol. The lowest BCUT2D eigenvalue weighted by Crippen LogP contribution is -2.05. The lowest BCUT2D eigenvalue weighted by atomic mass is 10.1. The first-order valence-electron chi connectivity index (χ1n) is 5.34. The van der Waals surface area contributed by atoms with Gasteiger partial charge in [-0.15, -0.1) is 6.42 Å². The zero-order valence-corrected chi connectivity index (χ0v) is 9.74. The van der Waals surface area contributed by atoms with Crippen molar-refractivity contribution in [3.63, 3.8) is 0 Å². The average Bonchev–Trinajstić information content (AvgIpc) is 2.64. The number of esters is 1. The van der Waals surface area contributed by atoms with Crippen LogP contribution in [0.1, 0.15) is 28.6 Å². The van der Waals surface area contributed by atoms with Crippen LogP contribution in [0.4, 0.5) is 0 Å². The Labute approximate surface area is 99.4 Å². The van der Waals surface area contributed by atoms with Gasteiger partial charge in [0, 0.05) is 10.9 Å². The molecule has 0 radical (unpaired) electrons. The first-order chi connectivity index (χ1) is 8.17. The normalized spacial score (nSPS) is 10.2. The standard InChI is InChI=1S/C14H12O3/c1-4-10-6-7-12-11(8-10)13(9(3)17-12)14(15)16-5-2/h1,6-8H,5H2,2-3H3. The summed E-state index contributed by atoms with van der Waals surface area (Å²) < 4.78 is 10.5. The van der Waals surface area contributed by atoms with E-state index in [4.69, 9.17) is 15.6 Å². The van der Waals surface area contributed by atoms with Crippen molar-refractivity contribution < 1.29 is 13.9 Å². The van der Waals surface area contributed by atoms with E-state index in [2.05, 4.69) is 5.92 Å². The van der Waals surface area contributed by atoms with Gasteiger partial charge >= 0.3 is 5.97 Å². The number of rotatable bonds is 2. The van der Waals surface area contributed by atoms with Crippen LogP contribution in [0, 0.1) is 19.3 Å². The van der Waals surface area contributed by atoms with Gasteiger partial charge in [-0.2, -0.15) is 0 Å². The van der Waals surface area contributed by atoms with E-state index in [1.165, 1.54) is 0 Å². The molecule has 1 aromatic carbocycles. The summed E-state index contributed by atoms with van der Waals surface area (Å²) in [6.45, 7) is 3.84. The number of furan rings is 1. The summed E-state index contributed by atoms with van der Waals surface area (Å²) in [5, 5.41) is 0.705. The smallest absolute Gasteiger partial charge is 0.342 e. The van der Waals surface area contributed by atoms with Crippen LogP contribution < -0.4 is 0 Å². The number of terminal acetylenes is 1. The molecule has 0 N–H and O–H groups in total. The second-order valence-corrected chi connectivity index (χ2v) is 3.61. The molecule has 0 unspecified atom stereocenters. The molecule has 0 atom stereocenters. The fraction of sp³-hybridized carbons (Fsp3) is 0.214. The molecule has 0 amide bonds. The highest BCUT2D eigenvalue weighted by molar-refractivity contribution is 6.04. The van der Waals surface area contributed by atoms with E-state index in [1.54, 1.807) is 32.0 Å². The molecule has 2 aromatic rings. The van der Waals surface area contributed by atoms with Gasteiger partial charge in [0.2, 0.25) is 0 Å². The van der Waals surface area contributed by atoms with E-state index in [-0.39, 0.29) is 5.97 Å². The summed E-state index contributed by atoms with van der Waals surface area (Å²) in [5.41, 5.74) is 1.81. The fourth-order valence-corrected chi connectivity index (χ4v) is 1.77. The number of hydrogen-bond acceptors (Lipinski definition) is 3. The fourth-order valence-electron chi connectivity index (χ4n) is 1.77. The van der Waals surface area contributed by atoms with Gasteiger partial charge in [-0.1, -0.05) is 5.92 Å². The van der Waals surface area contributed by atoms with Gasteiger partial charge in [-0.05, 0) is 32.0 Å². The molecule has 0 saturated heterocycles. The third-order valence-electron chi connectivity index (χ3n) is 2.51. The van der Waals surface area contributed by atoms with E-state index in [1.807, 2.05) is 0 Å². The number of carbonyl (C=O) groups is 1. The molecular weight excluding hydrogens is 216 g/mol. The molecule has 0 saturated carbocycles. The number of fused-ring (bicyclic) bond motifs is 1. The maximum Gasteiger partial charge on any atom is 0.342 e. The summed E-state index contributed by atoms with van der Waals surface area (Å²) in [5.74, 6) is 2.70. The number of carbonyl (C=O) groups excluding carboxylic acids is 1. The Bertz CT molecular complexity index is 614. The molecular formula is C14H12O3. The number of ether oxygens (including phenoxy) is 1. The summed E-state index contributed by atoms with van der Waals surface area (Å²) in [6, 6.07) is 5.30. The van der Waals surface area contributed by atoms with Crippen LogP contribution in [0.15, 0.2) is 22.6 Å². The van der Waals surface area contributed by atoms with Crippen molar-refractivity contribution in [2.24, 2.45) is 0 Å². The third-order valence-corrected chi connectivity index (χ3v) is 2.51. The highest BCUT2D eigenvalue weighted by Gasteiger charge is 2.19. The lowest BCUT2D eigenvalue weighted by molar-refractivity contribution is 0.0526. The molecule has 0 spiro atoms. The van der Waals surface area contributed by atoms with Crippen molar-refractivity contribution in [1.29, 1.82) is 0 Å². The van der Waals surface area contributed by atoms with Crippen molar-refractivity contribution in [3.05, 3.63) is 35.1 Å². The van der Waals surface area contributed by atoms with E-state index in [0.717, 1.165) is 0 Å². The molecule has 86 valence electrons. The molecule has 3 heteroatoms. The maximum absolute atomic E-state index is 11.8. The second-order valence-electron chi connectivity index (χ2n) is 3.61. The van der Waals surface area contributed by atoms with Crippen LogP contribution in [0.2, 0.25) is 0 Å². The molecule has 0 aliphatic carbocycles. The average molecular weight is 228 g/mol. The minimum absolute atomic E-state index is 0.333. The molecule has 3 nitrogen and oxygen atoms in total. The largest absolute Gasteiger partial charge is 0.462 e. The highest BCUT2D eigenvalue weighted by Crippen LogP contribution is 2.27. The minimum Gasteiger partial charge on any atom is -0.462 e. The van der Waals surface area contributed by atoms with E-state index in [0.29, 0.717) is 34.5 Å². The SMILES string of the molecule is C#Cc1ccc2oc(C)c(C(=O)OCC)c2c1. The van der Waals surface area contributed by atoms with Crippen LogP contribution in [-0.2, 0) is 4.74 Å². The highest BCUT2D eigenvalue weighted by atomic mass is 16.5. The topological polar surface area (TPSA) is 39.4 Å². The monoisotopic (exact) mass is 228 g/mol. The zero-order chi connectivity index (χ0) is 12.4. The summed E-state index contributed by atoms with van der Waals surface area (Å²) in [6.07, 6.45) is 5.34. The van der Waals surface area contributed by atoms with Gasteiger partial charge in [0.1, 0.15) is 16.9 Å². The predicted octanol–water partition coefficient (Wildman–Crippen LogP) is 2.90. The molecule has 0 aliphatic rings. The van der Waals surface area contributed by atoms with Gasteiger partial charge in [0.25, 0.3) is 0 Å². The third kappa shape index (κ3) is 1.90. The maximum atomic E-state index is 11.8. The Hall–Kier alpha value is -2.21. The zero-order valence-electron chi connectivity index (χ0n) is 9.74. The van der Waals surface area contributed by atoms with Crippen molar-refractivity contribution >= 4 is 16.9 Å². The Morgan fingerprint density at radius 3 is 2.94 bits per heavy atom. The molecule has 0 fully saturated rings. The molecule has 0 aliphatic heterocycles.